The van der Waals surface area contributed by atoms with Gasteiger partial charge in [-0.15, -0.1) is 0 Å². The van der Waals surface area contributed by atoms with E-state index < -0.39 is 11.7 Å². The summed E-state index contributed by atoms with van der Waals surface area (Å²) in [4.78, 5) is 12.4. The van der Waals surface area contributed by atoms with Crippen molar-refractivity contribution in [3.63, 3.8) is 0 Å². The minimum Gasteiger partial charge on any atom is -0.395 e. The molecule has 1 fully saturated rings. The lowest BCUT2D eigenvalue weighted by atomic mass is 10.1. The number of rotatable bonds is 7. The quantitative estimate of drug-likeness (QED) is 0.573. The number of nitrogens with one attached hydrogen (secondary N) is 2. The van der Waals surface area contributed by atoms with Crippen LogP contribution in [-0.2, 0) is 6.18 Å². The van der Waals surface area contributed by atoms with Crippen LogP contribution < -0.4 is 10.6 Å². The van der Waals surface area contributed by atoms with Gasteiger partial charge in [-0.3, -0.25) is 4.31 Å². The van der Waals surface area contributed by atoms with Gasteiger partial charge in [-0.1, -0.05) is 23.3 Å². The Hall–Kier alpha value is -1.63. The molecule has 0 spiro atoms. The first-order valence-electron chi connectivity index (χ1n) is 8.71. The molecule has 0 radical (unpaired) electrons. The van der Waals surface area contributed by atoms with E-state index in [-0.39, 0.29) is 35.7 Å². The normalized spacial score (nSPS) is 16.3. The molecular weight excluding hydrogens is 413 g/mol. The van der Waals surface area contributed by atoms with Crippen molar-refractivity contribution >= 4 is 34.4 Å². The average Bonchev–Trinajstić information content (AvgIpc) is 3.15. The standard InChI is InChI=1S/C16H21F3N6OS2/c1-27-25-5-2-10(3-6-25)23-14-21-8-11(16(17,18)19)13(24-14)12-9-22-15(28-12)20-4-7-26/h8-10,26H,2-7H2,1H3,(H,20,22)(H,21,23,24). The highest BCUT2D eigenvalue weighted by molar-refractivity contribution is 7.96. The third-order valence-corrected chi connectivity index (χ3v) is 6.11. The van der Waals surface area contributed by atoms with Crippen molar-refractivity contribution in [2.24, 2.45) is 0 Å². The maximum atomic E-state index is 13.4. The second-order valence-electron chi connectivity index (χ2n) is 6.16. The first-order valence-corrected chi connectivity index (χ1v) is 10.7. The van der Waals surface area contributed by atoms with Gasteiger partial charge in [0.1, 0.15) is 5.56 Å². The molecule has 0 amide bonds. The van der Waals surface area contributed by atoms with E-state index in [1.54, 1.807) is 11.9 Å². The predicted octanol–water partition coefficient (Wildman–Crippen LogP) is 3.18. The molecule has 0 saturated carbocycles. The van der Waals surface area contributed by atoms with E-state index in [1.165, 1.54) is 6.20 Å². The lowest BCUT2D eigenvalue weighted by molar-refractivity contribution is -0.137. The number of hydrogen-bond donors (Lipinski definition) is 3. The third kappa shape index (κ3) is 5.25. The smallest absolute Gasteiger partial charge is 0.395 e. The van der Waals surface area contributed by atoms with Crippen LogP contribution in [0.1, 0.15) is 18.4 Å². The lowest BCUT2D eigenvalue weighted by Gasteiger charge is -2.30. The van der Waals surface area contributed by atoms with Gasteiger partial charge in [0.2, 0.25) is 5.95 Å². The zero-order chi connectivity index (χ0) is 20.1. The Morgan fingerprint density at radius 1 is 1.29 bits per heavy atom. The van der Waals surface area contributed by atoms with Gasteiger partial charge in [-0.05, 0) is 19.1 Å². The van der Waals surface area contributed by atoms with Crippen LogP contribution in [0.15, 0.2) is 12.4 Å². The van der Waals surface area contributed by atoms with E-state index in [1.807, 2.05) is 6.26 Å². The number of alkyl halides is 3. The fraction of sp³-hybridized carbons (Fsp3) is 0.562. The molecule has 2 aromatic heterocycles. The molecule has 1 aliphatic heterocycles. The van der Waals surface area contributed by atoms with Gasteiger partial charge < -0.3 is 15.7 Å². The average molecular weight is 435 g/mol. The molecular formula is C16H21F3N6OS2. The Bertz CT molecular complexity index is 780. The predicted molar refractivity (Wildman–Crippen MR) is 105 cm³/mol. The summed E-state index contributed by atoms with van der Waals surface area (Å²) in [5.41, 5.74) is -1.09. The molecule has 0 bridgehead atoms. The van der Waals surface area contributed by atoms with Crippen LogP contribution in [0.2, 0.25) is 0 Å². The van der Waals surface area contributed by atoms with Gasteiger partial charge in [0, 0.05) is 38.1 Å². The zero-order valence-corrected chi connectivity index (χ0v) is 16.8. The third-order valence-electron chi connectivity index (χ3n) is 4.27. The van der Waals surface area contributed by atoms with E-state index >= 15 is 0 Å². The highest BCUT2D eigenvalue weighted by Gasteiger charge is 2.36. The molecule has 1 saturated heterocycles. The minimum atomic E-state index is -4.57. The van der Waals surface area contributed by atoms with Crippen molar-refractivity contribution in [2.45, 2.75) is 25.1 Å². The molecule has 1 aliphatic rings. The van der Waals surface area contributed by atoms with Gasteiger partial charge in [-0.2, -0.15) is 13.2 Å². The fourth-order valence-corrected chi connectivity index (χ4v) is 4.26. The van der Waals surface area contributed by atoms with Crippen LogP contribution in [0, 0.1) is 0 Å². The summed E-state index contributed by atoms with van der Waals surface area (Å²) in [6.45, 7) is 1.98. The minimum absolute atomic E-state index is 0.0976. The Labute approximate surface area is 168 Å². The van der Waals surface area contributed by atoms with E-state index in [9.17, 15) is 13.2 Å². The van der Waals surface area contributed by atoms with Crippen molar-refractivity contribution in [3.05, 3.63) is 18.0 Å². The number of hydrogen-bond acceptors (Lipinski definition) is 9. The number of piperidine rings is 1. The summed E-state index contributed by atoms with van der Waals surface area (Å²) in [6.07, 6.45) is 1.37. The Morgan fingerprint density at radius 3 is 2.68 bits per heavy atom. The topological polar surface area (TPSA) is 86.2 Å². The van der Waals surface area contributed by atoms with Gasteiger partial charge in [0.25, 0.3) is 0 Å². The molecule has 12 heteroatoms. The van der Waals surface area contributed by atoms with Crippen LogP contribution in [0.5, 0.6) is 0 Å². The Kier molecular flexibility index (Phi) is 6.96. The van der Waals surface area contributed by atoms with Crippen LogP contribution in [0.25, 0.3) is 10.6 Å². The second-order valence-corrected chi connectivity index (χ2v) is 8.08. The molecule has 154 valence electrons. The monoisotopic (exact) mass is 434 g/mol. The number of halogens is 3. The van der Waals surface area contributed by atoms with E-state index in [0.29, 0.717) is 5.13 Å². The number of thiazole rings is 1. The van der Waals surface area contributed by atoms with Crippen LogP contribution >= 0.6 is 23.3 Å². The van der Waals surface area contributed by atoms with E-state index in [2.05, 4.69) is 29.9 Å². The number of nitrogens with zero attached hydrogens (tertiary/aromatic N) is 4. The molecule has 28 heavy (non-hydrogen) atoms. The largest absolute Gasteiger partial charge is 0.420 e. The number of aliphatic hydroxyl groups excluding tert-OH is 1. The highest BCUT2D eigenvalue weighted by atomic mass is 32.2. The fourth-order valence-electron chi connectivity index (χ4n) is 2.84. The lowest BCUT2D eigenvalue weighted by Crippen LogP contribution is -2.35. The van der Waals surface area contributed by atoms with E-state index in [4.69, 9.17) is 5.11 Å². The number of anilines is 2. The molecule has 3 N–H and O–H groups in total. The first-order chi connectivity index (χ1) is 13.4. The van der Waals surface area contributed by atoms with Crippen LogP contribution in [0.3, 0.4) is 0 Å². The SMILES string of the molecule is CSN1CCC(Nc2ncc(C(F)(F)F)c(-c3cnc(NCCO)s3)n2)CC1. The maximum absolute atomic E-state index is 13.4. The van der Waals surface area contributed by atoms with Gasteiger partial charge >= 0.3 is 6.18 Å². The van der Waals surface area contributed by atoms with Crippen molar-refractivity contribution in [2.75, 3.05) is 43.1 Å². The summed E-state index contributed by atoms with van der Waals surface area (Å²) in [7, 11) is 0. The molecule has 0 unspecified atom stereocenters. The van der Waals surface area contributed by atoms with Crippen molar-refractivity contribution in [1.29, 1.82) is 0 Å². The van der Waals surface area contributed by atoms with E-state index in [0.717, 1.165) is 43.5 Å². The van der Waals surface area contributed by atoms with Crippen LogP contribution in [-0.4, -0.2) is 62.9 Å². The Balaban J connectivity index is 1.82. The molecule has 0 aromatic carbocycles. The molecule has 0 atom stereocenters. The van der Waals surface area contributed by atoms with Gasteiger partial charge in [0.05, 0.1) is 17.2 Å². The molecule has 7 nitrogen and oxygen atoms in total. The number of aromatic nitrogens is 3. The van der Waals surface area contributed by atoms with Gasteiger partial charge in [-0.25, -0.2) is 15.0 Å². The first kappa shape index (κ1) is 21.1. The van der Waals surface area contributed by atoms with Crippen molar-refractivity contribution in [3.8, 4) is 10.6 Å². The maximum Gasteiger partial charge on any atom is 0.420 e. The van der Waals surface area contributed by atoms with Crippen molar-refractivity contribution in [1.82, 2.24) is 19.3 Å². The Morgan fingerprint density at radius 2 is 2.04 bits per heavy atom. The molecule has 3 rings (SSSR count). The van der Waals surface area contributed by atoms with Crippen LogP contribution in [0.4, 0.5) is 24.3 Å². The summed E-state index contributed by atoms with van der Waals surface area (Å²) < 4.78 is 42.6. The zero-order valence-electron chi connectivity index (χ0n) is 15.2. The molecule has 0 aliphatic carbocycles. The molecule has 2 aromatic rings. The van der Waals surface area contributed by atoms with Gasteiger partial charge in [0.15, 0.2) is 5.13 Å². The highest BCUT2D eigenvalue weighted by Crippen LogP contribution is 2.38. The summed E-state index contributed by atoms with van der Waals surface area (Å²) >= 11 is 2.74. The second kappa shape index (κ2) is 9.25. The summed E-state index contributed by atoms with van der Waals surface area (Å²) in [5, 5.41) is 15.3. The summed E-state index contributed by atoms with van der Waals surface area (Å²) in [6, 6.07) is 0.122. The molecule has 3 heterocycles. The van der Waals surface area contributed by atoms with Crippen molar-refractivity contribution < 1.29 is 18.3 Å². The summed E-state index contributed by atoms with van der Waals surface area (Å²) in [5.74, 6) is 0.184. The number of aliphatic hydroxyl groups is 1.